The molecule has 0 aromatic carbocycles. The van der Waals surface area contributed by atoms with Crippen LogP contribution in [0.4, 0.5) is 0 Å². The van der Waals surface area contributed by atoms with E-state index in [1.54, 1.807) is 7.05 Å². The molecule has 4 nitrogen and oxygen atoms in total. The van der Waals surface area contributed by atoms with Gasteiger partial charge in [-0.3, -0.25) is 0 Å². The first-order valence-electron chi connectivity index (χ1n) is 3.10. The van der Waals surface area contributed by atoms with Crippen LogP contribution in [0.3, 0.4) is 0 Å². The van der Waals surface area contributed by atoms with Crippen molar-refractivity contribution in [2.75, 3.05) is 6.54 Å². The standard InChI is InChI=1S/C6H10N2O2/c1-8-5(2-3-7)4-6(9)10-8/h4H,2-3,7H2,1H3. The summed E-state index contributed by atoms with van der Waals surface area (Å²) in [4.78, 5) is 10.6. The number of nitrogens with two attached hydrogens (primary N) is 1. The number of rotatable bonds is 2. The minimum Gasteiger partial charge on any atom is -0.337 e. The zero-order chi connectivity index (χ0) is 7.56. The van der Waals surface area contributed by atoms with E-state index in [4.69, 9.17) is 5.73 Å². The second-order valence-corrected chi connectivity index (χ2v) is 2.08. The topological polar surface area (TPSA) is 61.2 Å². The number of aromatic nitrogens is 1. The van der Waals surface area contributed by atoms with Crippen LogP contribution in [-0.4, -0.2) is 11.3 Å². The van der Waals surface area contributed by atoms with Crippen molar-refractivity contribution in [3.63, 3.8) is 0 Å². The van der Waals surface area contributed by atoms with Crippen molar-refractivity contribution in [2.45, 2.75) is 6.42 Å². The quantitative estimate of drug-likeness (QED) is 0.604. The molecule has 2 N–H and O–H groups in total. The molecule has 1 aromatic heterocycles. The molecule has 0 aliphatic heterocycles. The van der Waals surface area contributed by atoms with E-state index in [1.807, 2.05) is 0 Å². The summed E-state index contributed by atoms with van der Waals surface area (Å²) in [5, 5.41) is 0. The van der Waals surface area contributed by atoms with Crippen LogP contribution in [0.2, 0.25) is 0 Å². The lowest BCUT2D eigenvalue weighted by atomic mass is 10.3. The number of nitrogens with zero attached hydrogens (tertiary/aromatic N) is 1. The van der Waals surface area contributed by atoms with Crippen molar-refractivity contribution >= 4 is 0 Å². The Kier molecular flexibility index (Phi) is 1.91. The maximum absolute atomic E-state index is 10.6. The molecule has 0 bridgehead atoms. The molecule has 0 atom stereocenters. The van der Waals surface area contributed by atoms with Crippen molar-refractivity contribution < 1.29 is 4.52 Å². The van der Waals surface area contributed by atoms with Gasteiger partial charge in [-0.1, -0.05) is 0 Å². The molecule has 0 spiro atoms. The van der Waals surface area contributed by atoms with Crippen molar-refractivity contribution in [2.24, 2.45) is 12.8 Å². The molecule has 1 aromatic rings. The molecule has 0 unspecified atom stereocenters. The summed E-state index contributed by atoms with van der Waals surface area (Å²) in [6.07, 6.45) is 0.683. The zero-order valence-electron chi connectivity index (χ0n) is 5.83. The van der Waals surface area contributed by atoms with Crippen molar-refractivity contribution in [1.29, 1.82) is 0 Å². The Balaban J connectivity index is 2.92. The molecule has 0 aliphatic rings. The Morgan fingerprint density at radius 2 is 2.50 bits per heavy atom. The highest BCUT2D eigenvalue weighted by atomic mass is 16.5. The zero-order valence-corrected chi connectivity index (χ0v) is 5.83. The van der Waals surface area contributed by atoms with E-state index < -0.39 is 0 Å². The fraction of sp³-hybridized carbons (Fsp3) is 0.500. The molecular weight excluding hydrogens is 132 g/mol. The predicted molar refractivity (Wildman–Crippen MR) is 36.7 cm³/mol. The maximum Gasteiger partial charge on any atom is 0.357 e. The Morgan fingerprint density at radius 3 is 2.90 bits per heavy atom. The lowest BCUT2D eigenvalue weighted by Crippen LogP contribution is -2.05. The Hall–Kier alpha value is -1.03. The summed E-state index contributed by atoms with van der Waals surface area (Å²) >= 11 is 0. The fourth-order valence-electron chi connectivity index (χ4n) is 0.824. The highest BCUT2D eigenvalue weighted by Gasteiger charge is 1.99. The summed E-state index contributed by atoms with van der Waals surface area (Å²) in [6.45, 7) is 0.535. The van der Waals surface area contributed by atoms with Crippen molar-refractivity contribution in [1.82, 2.24) is 4.74 Å². The van der Waals surface area contributed by atoms with Gasteiger partial charge in [-0.2, -0.15) is 0 Å². The fourth-order valence-corrected chi connectivity index (χ4v) is 0.824. The van der Waals surface area contributed by atoms with Gasteiger partial charge in [0, 0.05) is 19.5 Å². The third kappa shape index (κ3) is 1.27. The van der Waals surface area contributed by atoms with Gasteiger partial charge >= 0.3 is 5.63 Å². The summed E-state index contributed by atoms with van der Waals surface area (Å²) < 4.78 is 6.11. The molecule has 4 heteroatoms. The number of hydrogen-bond donors (Lipinski definition) is 1. The first-order chi connectivity index (χ1) is 4.74. The Morgan fingerprint density at radius 1 is 1.80 bits per heavy atom. The second-order valence-electron chi connectivity index (χ2n) is 2.08. The van der Waals surface area contributed by atoms with Gasteiger partial charge in [-0.25, -0.2) is 9.53 Å². The predicted octanol–water partition coefficient (Wildman–Crippen LogP) is -0.520. The van der Waals surface area contributed by atoms with Crippen LogP contribution >= 0.6 is 0 Å². The van der Waals surface area contributed by atoms with Crippen LogP contribution in [0.1, 0.15) is 5.69 Å². The highest BCUT2D eigenvalue weighted by Crippen LogP contribution is 1.93. The number of aryl methyl sites for hydroxylation is 1. The highest BCUT2D eigenvalue weighted by molar-refractivity contribution is 4.97. The summed E-state index contributed by atoms with van der Waals surface area (Å²) in [6, 6.07) is 1.45. The SMILES string of the molecule is Cn1oc(=O)cc1CCN. The molecular formula is C6H10N2O2. The van der Waals surface area contributed by atoms with Gasteiger partial charge in [0.15, 0.2) is 0 Å². The Bertz CT molecular complexity index is 261. The average Bonchev–Trinajstić information content (AvgIpc) is 2.13. The monoisotopic (exact) mass is 142 g/mol. The van der Waals surface area contributed by atoms with Gasteiger partial charge in [0.1, 0.15) is 0 Å². The average molecular weight is 142 g/mol. The van der Waals surface area contributed by atoms with Gasteiger partial charge < -0.3 is 10.3 Å². The maximum atomic E-state index is 10.6. The lowest BCUT2D eigenvalue weighted by molar-refractivity contribution is 0.277. The molecule has 1 heterocycles. The van der Waals surface area contributed by atoms with Crippen LogP contribution in [0.15, 0.2) is 15.4 Å². The molecule has 0 amide bonds. The van der Waals surface area contributed by atoms with E-state index in [1.165, 1.54) is 10.8 Å². The van der Waals surface area contributed by atoms with Crippen LogP contribution in [0.25, 0.3) is 0 Å². The molecule has 56 valence electrons. The van der Waals surface area contributed by atoms with E-state index in [0.29, 0.717) is 13.0 Å². The molecule has 0 saturated heterocycles. The minimum absolute atomic E-state index is 0.314. The lowest BCUT2D eigenvalue weighted by Gasteiger charge is -1.94. The van der Waals surface area contributed by atoms with Gasteiger partial charge in [0.25, 0.3) is 0 Å². The molecule has 10 heavy (non-hydrogen) atoms. The Labute approximate surface area is 58.2 Å². The first-order valence-corrected chi connectivity index (χ1v) is 3.10. The summed E-state index contributed by atoms with van der Waals surface area (Å²) in [5.74, 6) is 0. The van der Waals surface area contributed by atoms with Gasteiger partial charge in [-0.15, -0.1) is 0 Å². The summed E-state index contributed by atoms with van der Waals surface area (Å²) in [7, 11) is 1.69. The van der Waals surface area contributed by atoms with Crippen molar-refractivity contribution in [3.05, 3.63) is 22.2 Å². The molecule has 0 aliphatic carbocycles. The third-order valence-corrected chi connectivity index (χ3v) is 1.32. The third-order valence-electron chi connectivity index (χ3n) is 1.32. The normalized spacial score (nSPS) is 10.2. The van der Waals surface area contributed by atoms with E-state index in [0.717, 1.165) is 5.69 Å². The molecule has 0 radical (unpaired) electrons. The molecule has 1 rings (SSSR count). The van der Waals surface area contributed by atoms with Gasteiger partial charge in [-0.05, 0) is 6.54 Å². The molecule has 0 fully saturated rings. The van der Waals surface area contributed by atoms with Crippen LogP contribution in [0, 0.1) is 0 Å². The van der Waals surface area contributed by atoms with Crippen molar-refractivity contribution in [3.8, 4) is 0 Å². The van der Waals surface area contributed by atoms with Crippen LogP contribution < -0.4 is 11.4 Å². The minimum atomic E-state index is -0.314. The van der Waals surface area contributed by atoms with Gasteiger partial charge in [0.2, 0.25) is 0 Å². The smallest absolute Gasteiger partial charge is 0.337 e. The van der Waals surface area contributed by atoms with E-state index in [-0.39, 0.29) is 5.63 Å². The summed E-state index contributed by atoms with van der Waals surface area (Å²) in [5.41, 5.74) is 5.81. The van der Waals surface area contributed by atoms with E-state index in [2.05, 4.69) is 4.52 Å². The largest absolute Gasteiger partial charge is 0.357 e. The number of hydrogen-bond acceptors (Lipinski definition) is 3. The van der Waals surface area contributed by atoms with Gasteiger partial charge in [0.05, 0.1) is 5.69 Å². The molecule has 0 saturated carbocycles. The van der Waals surface area contributed by atoms with E-state index in [9.17, 15) is 4.79 Å². The van der Waals surface area contributed by atoms with Crippen LogP contribution in [0.5, 0.6) is 0 Å². The van der Waals surface area contributed by atoms with E-state index >= 15 is 0 Å². The second kappa shape index (κ2) is 2.70. The first kappa shape index (κ1) is 7.08. The van der Waals surface area contributed by atoms with Crippen LogP contribution in [-0.2, 0) is 13.5 Å².